The summed E-state index contributed by atoms with van der Waals surface area (Å²) in [5.74, 6) is 0.358. The van der Waals surface area contributed by atoms with E-state index >= 15 is 0 Å². The minimum Gasteiger partial charge on any atom is -0.497 e. The maximum absolute atomic E-state index is 12.9. The number of ether oxygens (including phenoxy) is 1. The Morgan fingerprint density at radius 3 is 2.62 bits per heavy atom. The molecule has 7 nitrogen and oxygen atoms in total. The molecule has 0 aliphatic carbocycles. The quantitative estimate of drug-likeness (QED) is 0.540. The Bertz CT molecular complexity index is 1450. The lowest BCUT2D eigenvalue weighted by atomic mass is 10.1. The summed E-state index contributed by atoms with van der Waals surface area (Å²) < 4.78 is 7.46. The molecule has 0 saturated carbocycles. The molecule has 34 heavy (non-hydrogen) atoms. The van der Waals surface area contributed by atoms with Crippen LogP contribution in [-0.4, -0.2) is 38.6 Å². The molecule has 1 aromatic heterocycles. The molecular weight excluding hydrogens is 446 g/mol. The van der Waals surface area contributed by atoms with E-state index < -0.39 is 5.91 Å². The summed E-state index contributed by atoms with van der Waals surface area (Å²) in [6.07, 6.45) is 1.73. The topological polar surface area (TPSA) is 83.0 Å². The van der Waals surface area contributed by atoms with Crippen molar-refractivity contribution in [1.29, 1.82) is 5.41 Å². The van der Waals surface area contributed by atoms with E-state index in [1.165, 1.54) is 16.8 Å². The number of fused-ring (bicyclic) bond motifs is 1. The number of thioether (sulfide) groups is 1. The number of rotatable bonds is 4. The van der Waals surface area contributed by atoms with E-state index in [2.05, 4.69) is 14.7 Å². The van der Waals surface area contributed by atoms with Crippen molar-refractivity contribution in [2.45, 2.75) is 20.8 Å². The molecule has 0 bridgehead atoms. The number of hydrazone groups is 1. The van der Waals surface area contributed by atoms with Gasteiger partial charge in [0, 0.05) is 28.7 Å². The Kier molecular flexibility index (Phi) is 5.45. The number of aryl methyl sites for hydroxylation is 2. The summed E-state index contributed by atoms with van der Waals surface area (Å²) >= 11 is 1.30. The van der Waals surface area contributed by atoms with E-state index in [1.54, 1.807) is 13.2 Å². The van der Waals surface area contributed by atoms with Gasteiger partial charge in [0.25, 0.3) is 5.91 Å². The van der Waals surface area contributed by atoms with Gasteiger partial charge >= 0.3 is 0 Å². The maximum Gasteiger partial charge on any atom is 0.283 e. The first kappa shape index (κ1) is 21.9. The smallest absolute Gasteiger partial charge is 0.283 e. The Morgan fingerprint density at radius 1 is 1.06 bits per heavy atom. The van der Waals surface area contributed by atoms with Crippen LogP contribution in [0.3, 0.4) is 0 Å². The van der Waals surface area contributed by atoms with Crippen molar-refractivity contribution in [3.8, 4) is 11.4 Å². The van der Waals surface area contributed by atoms with E-state index in [1.807, 2.05) is 75.4 Å². The predicted molar refractivity (Wildman–Crippen MR) is 137 cm³/mol. The summed E-state index contributed by atoms with van der Waals surface area (Å²) in [7, 11) is 1.64. The molecule has 0 radical (unpaired) electrons. The SMILES string of the molecule is COc1cccc(-n2c(C)cc(/C=C3\C(=N)N4N=C(c5cccc(C)c5)SC4=NC3=O)c2C)c1. The Balaban J connectivity index is 1.51. The summed E-state index contributed by atoms with van der Waals surface area (Å²) in [6, 6.07) is 17.8. The predicted octanol–water partition coefficient (Wildman–Crippen LogP) is 5.08. The zero-order valence-corrected chi connectivity index (χ0v) is 20.1. The number of methoxy groups -OCH3 is 1. The van der Waals surface area contributed by atoms with E-state index in [0.29, 0.717) is 5.17 Å². The highest BCUT2D eigenvalue weighted by Gasteiger charge is 2.36. The highest BCUT2D eigenvalue weighted by molar-refractivity contribution is 8.27. The van der Waals surface area contributed by atoms with Crippen LogP contribution in [0.15, 0.2) is 70.3 Å². The second-order valence-electron chi connectivity index (χ2n) is 8.16. The van der Waals surface area contributed by atoms with Crippen LogP contribution < -0.4 is 4.74 Å². The first-order valence-electron chi connectivity index (χ1n) is 10.8. The Morgan fingerprint density at radius 2 is 1.85 bits per heavy atom. The summed E-state index contributed by atoms with van der Waals surface area (Å²) in [5.41, 5.74) is 6.04. The van der Waals surface area contributed by atoms with E-state index in [-0.39, 0.29) is 11.4 Å². The largest absolute Gasteiger partial charge is 0.497 e. The molecule has 3 aromatic rings. The molecule has 8 heteroatoms. The van der Waals surface area contributed by atoms with Gasteiger partial charge in [0.1, 0.15) is 10.8 Å². The molecule has 0 saturated heterocycles. The van der Waals surface area contributed by atoms with Gasteiger partial charge < -0.3 is 9.30 Å². The van der Waals surface area contributed by atoms with E-state index in [4.69, 9.17) is 10.1 Å². The standard InChI is InChI=1S/C26H23N5O2S/c1-15-7-5-8-18(11-15)25-29-31-23(27)22(24(32)28-26(31)34-25)13-19-12-16(2)30(17(19)3)20-9-6-10-21(14-20)33-4/h5-14,27H,1-4H3/b22-13+,27-23?. The monoisotopic (exact) mass is 469 g/mol. The number of aliphatic imine (C=N–C) groups is 1. The number of nitrogens with zero attached hydrogens (tertiary/aromatic N) is 4. The number of hydrogen-bond acceptors (Lipinski definition) is 5. The zero-order chi connectivity index (χ0) is 24.0. The van der Waals surface area contributed by atoms with Gasteiger partial charge in [-0.25, -0.2) is 0 Å². The molecule has 170 valence electrons. The van der Waals surface area contributed by atoms with Crippen LogP contribution in [0, 0.1) is 26.2 Å². The fourth-order valence-corrected chi connectivity index (χ4v) is 5.01. The third-order valence-corrected chi connectivity index (χ3v) is 6.76. The normalized spacial score (nSPS) is 16.6. The van der Waals surface area contributed by atoms with Crippen molar-refractivity contribution in [1.82, 2.24) is 9.58 Å². The van der Waals surface area contributed by atoms with Gasteiger partial charge in [-0.15, -0.1) is 0 Å². The molecule has 3 heterocycles. The van der Waals surface area contributed by atoms with Gasteiger partial charge in [-0.05, 0) is 68.4 Å². The lowest BCUT2D eigenvalue weighted by Gasteiger charge is -2.20. The molecule has 2 aromatic carbocycles. The zero-order valence-electron chi connectivity index (χ0n) is 19.3. The van der Waals surface area contributed by atoms with Crippen molar-refractivity contribution >= 4 is 39.8 Å². The number of hydrogen-bond donors (Lipinski definition) is 1. The van der Waals surface area contributed by atoms with Gasteiger partial charge in [0.05, 0.1) is 12.7 Å². The van der Waals surface area contributed by atoms with Gasteiger partial charge in [-0.1, -0.05) is 29.8 Å². The summed E-state index contributed by atoms with van der Waals surface area (Å²) in [5, 5.41) is 15.9. The van der Waals surface area contributed by atoms with Crippen LogP contribution >= 0.6 is 11.8 Å². The van der Waals surface area contributed by atoms with Gasteiger partial charge in [-0.3, -0.25) is 10.2 Å². The molecule has 1 N–H and O–H groups in total. The number of carbonyl (C=O) groups is 1. The summed E-state index contributed by atoms with van der Waals surface area (Å²) in [6.45, 7) is 6.02. The first-order chi connectivity index (χ1) is 16.4. The third kappa shape index (κ3) is 3.76. The molecule has 5 rings (SSSR count). The molecule has 1 amide bonds. The number of nitrogens with one attached hydrogen (secondary N) is 1. The van der Waals surface area contributed by atoms with E-state index in [0.717, 1.165) is 44.6 Å². The maximum atomic E-state index is 12.9. The van der Waals surface area contributed by atoms with Crippen molar-refractivity contribution in [3.63, 3.8) is 0 Å². The van der Waals surface area contributed by atoms with Crippen LogP contribution in [0.1, 0.15) is 28.1 Å². The average Bonchev–Trinajstić information content (AvgIpc) is 3.37. The lowest BCUT2D eigenvalue weighted by molar-refractivity contribution is -0.114. The molecule has 0 unspecified atom stereocenters. The summed E-state index contributed by atoms with van der Waals surface area (Å²) in [4.78, 5) is 17.1. The molecule has 2 aliphatic heterocycles. The number of carbonyl (C=O) groups excluding carboxylic acids is 1. The fourth-order valence-electron chi connectivity index (χ4n) is 4.12. The molecule has 0 spiro atoms. The number of amidine groups is 2. The van der Waals surface area contributed by atoms with Gasteiger partial charge in [0.2, 0.25) is 5.17 Å². The second kappa shape index (κ2) is 8.46. The van der Waals surface area contributed by atoms with E-state index in [9.17, 15) is 4.79 Å². The van der Waals surface area contributed by atoms with Crippen LogP contribution in [0.4, 0.5) is 0 Å². The third-order valence-electron chi connectivity index (χ3n) is 5.80. The fraction of sp³-hybridized carbons (Fsp3) is 0.154. The minimum atomic E-state index is -0.435. The molecular formula is C26H23N5O2S. The lowest BCUT2D eigenvalue weighted by Crippen LogP contribution is -2.35. The molecule has 0 fully saturated rings. The molecule has 0 atom stereocenters. The van der Waals surface area contributed by atoms with Crippen molar-refractivity contribution in [2.24, 2.45) is 10.1 Å². The van der Waals surface area contributed by atoms with Crippen LogP contribution in [0.25, 0.3) is 11.8 Å². The van der Waals surface area contributed by atoms with Crippen LogP contribution in [-0.2, 0) is 4.79 Å². The highest BCUT2D eigenvalue weighted by atomic mass is 32.2. The number of aromatic nitrogens is 1. The number of amides is 1. The van der Waals surface area contributed by atoms with Gasteiger partial charge in [-0.2, -0.15) is 15.1 Å². The van der Waals surface area contributed by atoms with Crippen LogP contribution in [0.5, 0.6) is 5.75 Å². The second-order valence-corrected chi connectivity index (χ2v) is 9.11. The minimum absolute atomic E-state index is 0.0244. The Labute approximate surface area is 202 Å². The van der Waals surface area contributed by atoms with Crippen molar-refractivity contribution in [3.05, 3.63) is 88.2 Å². The van der Waals surface area contributed by atoms with Crippen molar-refractivity contribution in [2.75, 3.05) is 7.11 Å². The van der Waals surface area contributed by atoms with Crippen LogP contribution in [0.2, 0.25) is 0 Å². The first-order valence-corrected chi connectivity index (χ1v) is 11.6. The van der Waals surface area contributed by atoms with Gasteiger partial charge in [0.15, 0.2) is 5.84 Å². The highest BCUT2D eigenvalue weighted by Crippen LogP contribution is 2.32. The van der Waals surface area contributed by atoms with Crippen molar-refractivity contribution < 1.29 is 9.53 Å². The average molecular weight is 470 g/mol. The molecule has 2 aliphatic rings. The number of benzene rings is 2. The Hall–Kier alpha value is -3.91.